The fourth-order valence-corrected chi connectivity index (χ4v) is 4.18. The lowest BCUT2D eigenvalue weighted by atomic mass is 9.95. The van der Waals surface area contributed by atoms with E-state index in [0.717, 1.165) is 33.5 Å². The molecule has 4 rings (SSSR count). The Bertz CT molecular complexity index is 1140. The van der Waals surface area contributed by atoms with Crippen LogP contribution >= 0.6 is 0 Å². The predicted molar refractivity (Wildman–Crippen MR) is 126 cm³/mol. The first-order valence-corrected chi connectivity index (χ1v) is 10.9. The summed E-state index contributed by atoms with van der Waals surface area (Å²) in [6, 6.07) is 22.4. The van der Waals surface area contributed by atoms with Gasteiger partial charge in [-0.2, -0.15) is 5.10 Å². The number of benzene rings is 3. The Morgan fingerprint density at radius 3 is 2.59 bits per heavy atom. The van der Waals surface area contributed by atoms with Gasteiger partial charge >= 0.3 is 0 Å². The van der Waals surface area contributed by atoms with E-state index in [0.29, 0.717) is 13.0 Å². The largest absolute Gasteiger partial charge is 0.293 e. The molecule has 3 aromatic rings. The highest BCUT2D eigenvalue weighted by Crippen LogP contribution is 2.34. The maximum absolute atomic E-state index is 14.0. The number of likely N-dealkylation sites (N-methyl/N-ethyl adjacent to an activating group) is 1. The molecule has 1 aliphatic rings. The van der Waals surface area contributed by atoms with Gasteiger partial charge in [-0.05, 0) is 55.8 Å². The molecule has 0 fully saturated rings. The number of rotatable bonds is 6. The maximum Gasteiger partial charge on any atom is 0.257 e. The SMILES string of the molecule is Cc1ccc(C)c(C2=NN(C(=O)CN(C)Cc3ccccc3)[C@@H](c3cccc(F)c3)C2)c1. The molecule has 32 heavy (non-hydrogen) atoms. The van der Waals surface area contributed by atoms with Crippen molar-refractivity contribution in [1.82, 2.24) is 9.91 Å². The van der Waals surface area contributed by atoms with E-state index in [2.05, 4.69) is 18.2 Å². The number of hydrazone groups is 1. The molecule has 0 saturated carbocycles. The Kier molecular flexibility index (Phi) is 6.47. The highest BCUT2D eigenvalue weighted by molar-refractivity contribution is 6.04. The number of carbonyl (C=O) groups is 1. The number of hydrogen-bond acceptors (Lipinski definition) is 3. The summed E-state index contributed by atoms with van der Waals surface area (Å²) in [5.74, 6) is -0.408. The first kappa shape index (κ1) is 21.9. The van der Waals surface area contributed by atoms with Gasteiger partial charge in [-0.3, -0.25) is 9.69 Å². The lowest BCUT2D eigenvalue weighted by molar-refractivity contribution is -0.134. The number of hydrogen-bond donors (Lipinski definition) is 0. The molecule has 0 radical (unpaired) electrons. The van der Waals surface area contributed by atoms with Crippen LogP contribution in [0.4, 0.5) is 4.39 Å². The third-order valence-electron chi connectivity index (χ3n) is 5.80. The number of aryl methyl sites for hydroxylation is 2. The third-order valence-corrected chi connectivity index (χ3v) is 5.80. The van der Waals surface area contributed by atoms with Crippen LogP contribution in [-0.2, 0) is 11.3 Å². The maximum atomic E-state index is 14.0. The monoisotopic (exact) mass is 429 g/mol. The van der Waals surface area contributed by atoms with E-state index in [1.54, 1.807) is 11.1 Å². The summed E-state index contributed by atoms with van der Waals surface area (Å²) < 4.78 is 14.0. The van der Waals surface area contributed by atoms with Crippen LogP contribution in [0.5, 0.6) is 0 Å². The molecular formula is C27H28FN3O. The lowest BCUT2D eigenvalue weighted by Gasteiger charge is -2.25. The van der Waals surface area contributed by atoms with Crippen LogP contribution in [0.25, 0.3) is 0 Å². The van der Waals surface area contributed by atoms with E-state index in [9.17, 15) is 9.18 Å². The highest BCUT2D eigenvalue weighted by atomic mass is 19.1. The molecule has 5 heteroatoms. The number of amides is 1. The molecule has 164 valence electrons. The topological polar surface area (TPSA) is 35.9 Å². The molecule has 0 bridgehead atoms. The van der Waals surface area contributed by atoms with Gasteiger partial charge in [0.1, 0.15) is 5.82 Å². The van der Waals surface area contributed by atoms with Crippen molar-refractivity contribution in [3.05, 3.63) is 106 Å². The molecule has 0 unspecified atom stereocenters. The summed E-state index contributed by atoms with van der Waals surface area (Å²) in [5, 5.41) is 6.31. The summed E-state index contributed by atoms with van der Waals surface area (Å²) in [6.45, 7) is 4.99. The first-order chi connectivity index (χ1) is 15.4. The second-order valence-electron chi connectivity index (χ2n) is 8.54. The number of carbonyl (C=O) groups excluding carboxylic acids is 1. The summed E-state index contributed by atoms with van der Waals surface area (Å²) in [7, 11) is 1.92. The van der Waals surface area contributed by atoms with Gasteiger partial charge in [0, 0.05) is 18.5 Å². The smallest absolute Gasteiger partial charge is 0.257 e. The average molecular weight is 430 g/mol. The second kappa shape index (κ2) is 9.45. The van der Waals surface area contributed by atoms with E-state index in [1.165, 1.54) is 12.1 Å². The van der Waals surface area contributed by atoms with Gasteiger partial charge < -0.3 is 0 Å². The van der Waals surface area contributed by atoms with E-state index in [-0.39, 0.29) is 24.3 Å². The molecule has 0 N–H and O–H groups in total. The molecule has 4 nitrogen and oxygen atoms in total. The van der Waals surface area contributed by atoms with Crippen molar-refractivity contribution in [2.75, 3.05) is 13.6 Å². The second-order valence-corrected chi connectivity index (χ2v) is 8.54. The minimum absolute atomic E-state index is 0.0991. The predicted octanol–water partition coefficient (Wildman–Crippen LogP) is 5.25. The molecule has 1 amide bonds. The Morgan fingerprint density at radius 2 is 1.84 bits per heavy atom. The quantitative estimate of drug-likeness (QED) is 0.536. The van der Waals surface area contributed by atoms with Crippen LogP contribution in [-0.4, -0.2) is 35.1 Å². The molecule has 0 saturated heterocycles. The zero-order valence-corrected chi connectivity index (χ0v) is 18.8. The lowest BCUT2D eigenvalue weighted by Crippen LogP contribution is -2.36. The molecule has 1 heterocycles. The molecule has 0 aliphatic carbocycles. The van der Waals surface area contributed by atoms with Crippen molar-refractivity contribution in [1.29, 1.82) is 0 Å². The number of halogens is 1. The van der Waals surface area contributed by atoms with Crippen molar-refractivity contribution in [2.45, 2.75) is 32.9 Å². The van der Waals surface area contributed by atoms with Gasteiger partial charge in [0.25, 0.3) is 5.91 Å². The molecular weight excluding hydrogens is 401 g/mol. The van der Waals surface area contributed by atoms with Crippen LogP contribution in [0.15, 0.2) is 77.9 Å². The Hall–Kier alpha value is -3.31. The Morgan fingerprint density at radius 1 is 1.06 bits per heavy atom. The van der Waals surface area contributed by atoms with Crippen molar-refractivity contribution < 1.29 is 9.18 Å². The zero-order chi connectivity index (χ0) is 22.7. The zero-order valence-electron chi connectivity index (χ0n) is 18.8. The highest BCUT2D eigenvalue weighted by Gasteiger charge is 2.34. The van der Waals surface area contributed by atoms with Gasteiger partial charge in [-0.15, -0.1) is 0 Å². The minimum Gasteiger partial charge on any atom is -0.293 e. The summed E-state index contributed by atoms with van der Waals surface area (Å²) in [4.78, 5) is 15.3. The van der Waals surface area contributed by atoms with Crippen LogP contribution in [0, 0.1) is 19.7 Å². The average Bonchev–Trinajstić information content (AvgIpc) is 3.21. The molecule has 1 aliphatic heterocycles. The van der Waals surface area contributed by atoms with Crippen LogP contribution in [0.3, 0.4) is 0 Å². The Labute approximate surface area is 189 Å². The molecule has 1 atom stereocenters. The van der Waals surface area contributed by atoms with Gasteiger partial charge in [-0.25, -0.2) is 9.40 Å². The Balaban J connectivity index is 1.60. The third kappa shape index (κ3) is 4.94. The van der Waals surface area contributed by atoms with Crippen molar-refractivity contribution >= 4 is 11.6 Å². The standard InChI is InChI=1S/C27H28FN3O/c1-19-12-13-20(2)24(14-19)25-16-26(22-10-7-11-23(28)15-22)31(29-25)27(32)18-30(3)17-21-8-5-4-6-9-21/h4-15,26H,16-18H2,1-3H3/t26-/m1/s1. The normalized spacial score (nSPS) is 15.8. The van der Waals surface area contributed by atoms with E-state index >= 15 is 0 Å². The summed E-state index contributed by atoms with van der Waals surface area (Å²) >= 11 is 0. The minimum atomic E-state index is -0.321. The first-order valence-electron chi connectivity index (χ1n) is 10.9. The van der Waals surface area contributed by atoms with E-state index < -0.39 is 0 Å². The molecule has 3 aromatic carbocycles. The molecule has 0 aromatic heterocycles. The van der Waals surface area contributed by atoms with Gasteiger partial charge in [0.2, 0.25) is 0 Å². The van der Waals surface area contributed by atoms with Crippen molar-refractivity contribution in [3.63, 3.8) is 0 Å². The van der Waals surface area contributed by atoms with Gasteiger partial charge in [0.05, 0.1) is 18.3 Å². The van der Waals surface area contributed by atoms with Crippen molar-refractivity contribution in [3.8, 4) is 0 Å². The van der Waals surface area contributed by atoms with Gasteiger partial charge in [0.15, 0.2) is 0 Å². The van der Waals surface area contributed by atoms with Crippen LogP contribution in [0.1, 0.15) is 40.3 Å². The van der Waals surface area contributed by atoms with Crippen LogP contribution in [0.2, 0.25) is 0 Å². The molecule has 0 spiro atoms. The van der Waals surface area contributed by atoms with E-state index in [4.69, 9.17) is 5.10 Å². The fraction of sp³-hybridized carbons (Fsp3) is 0.259. The summed E-state index contributed by atoms with van der Waals surface area (Å²) in [6.07, 6.45) is 0.557. The van der Waals surface area contributed by atoms with E-state index in [1.807, 2.05) is 62.2 Å². The number of nitrogens with zero attached hydrogens (tertiary/aromatic N) is 3. The van der Waals surface area contributed by atoms with Crippen molar-refractivity contribution in [2.24, 2.45) is 5.10 Å². The summed E-state index contributed by atoms with van der Waals surface area (Å²) in [5.41, 5.74) is 6.06. The fourth-order valence-electron chi connectivity index (χ4n) is 4.18. The van der Waals surface area contributed by atoms with Crippen LogP contribution < -0.4 is 0 Å². The van der Waals surface area contributed by atoms with Gasteiger partial charge in [-0.1, -0.05) is 60.2 Å².